The summed E-state index contributed by atoms with van der Waals surface area (Å²) in [5.74, 6) is -0.395. The molecular weight excluding hydrogens is 412 g/mol. The Labute approximate surface area is 176 Å². The molecule has 0 radical (unpaired) electrons. The first-order valence-electron chi connectivity index (χ1n) is 9.51. The molecule has 0 aromatic heterocycles. The van der Waals surface area contributed by atoms with Gasteiger partial charge in [-0.3, -0.25) is 9.10 Å². The third-order valence-corrected chi connectivity index (χ3v) is 7.09. The lowest BCUT2D eigenvalue weighted by molar-refractivity contribution is -0.120. The molecule has 1 aliphatic rings. The van der Waals surface area contributed by atoms with Crippen LogP contribution < -0.4 is 9.62 Å². The van der Waals surface area contributed by atoms with Gasteiger partial charge in [0, 0.05) is 18.2 Å². The summed E-state index contributed by atoms with van der Waals surface area (Å²) < 4.78 is 33.2. The average Bonchev–Trinajstić information content (AvgIpc) is 3.21. The molecule has 29 heavy (non-hydrogen) atoms. The molecule has 1 aliphatic heterocycles. The molecule has 3 rings (SSSR count). The SMILES string of the molecule is Cc1ccc(S(=O)(=O)N(CC(=O)NC[C@H]2CCCO2)c2ccc(C)c(Cl)c2)cc1. The molecule has 0 saturated carbocycles. The van der Waals surface area contributed by atoms with Crippen LogP contribution in [0.2, 0.25) is 5.02 Å². The van der Waals surface area contributed by atoms with E-state index in [9.17, 15) is 13.2 Å². The van der Waals surface area contributed by atoms with Crippen LogP contribution in [0.25, 0.3) is 0 Å². The van der Waals surface area contributed by atoms with Crippen molar-refractivity contribution in [1.29, 1.82) is 0 Å². The predicted molar refractivity (Wildman–Crippen MR) is 114 cm³/mol. The van der Waals surface area contributed by atoms with Crippen molar-refractivity contribution in [2.45, 2.75) is 37.7 Å². The van der Waals surface area contributed by atoms with Gasteiger partial charge >= 0.3 is 0 Å². The van der Waals surface area contributed by atoms with Crippen LogP contribution in [-0.4, -0.2) is 40.1 Å². The topological polar surface area (TPSA) is 75.7 Å². The monoisotopic (exact) mass is 436 g/mol. The molecule has 1 fully saturated rings. The van der Waals surface area contributed by atoms with Gasteiger partial charge < -0.3 is 10.1 Å². The van der Waals surface area contributed by atoms with Gasteiger partial charge in [-0.25, -0.2) is 8.42 Å². The summed E-state index contributed by atoms with van der Waals surface area (Å²) >= 11 is 6.22. The Morgan fingerprint density at radius 2 is 1.93 bits per heavy atom. The number of ether oxygens (including phenoxy) is 1. The number of carbonyl (C=O) groups is 1. The molecule has 2 aromatic rings. The fourth-order valence-electron chi connectivity index (χ4n) is 3.11. The maximum absolute atomic E-state index is 13.3. The summed E-state index contributed by atoms with van der Waals surface area (Å²) in [4.78, 5) is 12.7. The molecule has 6 nitrogen and oxygen atoms in total. The van der Waals surface area contributed by atoms with Gasteiger partial charge in [0.15, 0.2) is 0 Å². The van der Waals surface area contributed by atoms with Crippen molar-refractivity contribution in [1.82, 2.24) is 5.32 Å². The van der Waals surface area contributed by atoms with E-state index in [1.54, 1.807) is 30.3 Å². The molecule has 0 aliphatic carbocycles. The fourth-order valence-corrected chi connectivity index (χ4v) is 4.70. The zero-order valence-corrected chi connectivity index (χ0v) is 18.1. The Morgan fingerprint density at radius 1 is 1.21 bits per heavy atom. The van der Waals surface area contributed by atoms with E-state index in [0.29, 0.717) is 23.9 Å². The number of carbonyl (C=O) groups excluding carboxylic acids is 1. The lowest BCUT2D eigenvalue weighted by Crippen LogP contribution is -2.42. The van der Waals surface area contributed by atoms with E-state index in [0.717, 1.165) is 28.3 Å². The molecule has 1 atom stereocenters. The predicted octanol–water partition coefficient (Wildman–Crippen LogP) is 3.45. The minimum Gasteiger partial charge on any atom is -0.376 e. The third-order valence-electron chi connectivity index (χ3n) is 4.89. The number of anilines is 1. The Morgan fingerprint density at radius 3 is 2.55 bits per heavy atom. The number of halogens is 1. The number of hydrogen-bond donors (Lipinski definition) is 1. The van der Waals surface area contributed by atoms with Crippen LogP contribution in [0.4, 0.5) is 5.69 Å². The number of aryl methyl sites for hydroxylation is 2. The number of nitrogens with zero attached hydrogens (tertiary/aromatic N) is 1. The molecule has 1 N–H and O–H groups in total. The van der Waals surface area contributed by atoms with Crippen LogP contribution in [0.1, 0.15) is 24.0 Å². The zero-order chi connectivity index (χ0) is 21.0. The molecule has 8 heteroatoms. The van der Waals surface area contributed by atoms with Crippen LogP contribution in [0.5, 0.6) is 0 Å². The Bertz CT molecular complexity index is 971. The van der Waals surface area contributed by atoms with Gasteiger partial charge in [0.05, 0.1) is 16.7 Å². The van der Waals surface area contributed by atoms with Crippen molar-refractivity contribution in [3.8, 4) is 0 Å². The van der Waals surface area contributed by atoms with Crippen LogP contribution >= 0.6 is 11.6 Å². The maximum atomic E-state index is 13.3. The van der Waals surface area contributed by atoms with Gasteiger partial charge in [0.2, 0.25) is 5.91 Å². The van der Waals surface area contributed by atoms with Crippen LogP contribution in [0.3, 0.4) is 0 Å². The standard InChI is InChI=1S/C21H25ClN2O4S/c1-15-5-9-19(10-6-15)29(26,27)24(17-8-7-16(2)20(22)12-17)14-21(25)23-13-18-4-3-11-28-18/h5-10,12,18H,3-4,11,13-14H2,1-2H3,(H,23,25)/t18-/m1/s1. The van der Waals surface area contributed by atoms with E-state index in [1.165, 1.54) is 12.1 Å². The molecule has 0 bridgehead atoms. The van der Waals surface area contributed by atoms with Crippen LogP contribution in [-0.2, 0) is 19.6 Å². The Balaban J connectivity index is 1.87. The highest BCUT2D eigenvalue weighted by Crippen LogP contribution is 2.28. The largest absolute Gasteiger partial charge is 0.376 e. The van der Waals surface area contributed by atoms with E-state index in [-0.39, 0.29) is 17.5 Å². The highest BCUT2D eigenvalue weighted by molar-refractivity contribution is 7.92. The van der Waals surface area contributed by atoms with Crippen LogP contribution in [0.15, 0.2) is 47.4 Å². The van der Waals surface area contributed by atoms with E-state index in [1.807, 2.05) is 13.8 Å². The third kappa shape index (κ3) is 5.29. The Hall–Kier alpha value is -2.09. The molecule has 156 valence electrons. The lowest BCUT2D eigenvalue weighted by atomic mass is 10.2. The van der Waals surface area contributed by atoms with Crippen LogP contribution in [0, 0.1) is 13.8 Å². The minimum atomic E-state index is -3.95. The lowest BCUT2D eigenvalue weighted by Gasteiger charge is -2.25. The van der Waals surface area contributed by atoms with Gasteiger partial charge in [0.25, 0.3) is 10.0 Å². The number of benzene rings is 2. The summed E-state index contributed by atoms with van der Waals surface area (Å²) in [6, 6.07) is 11.5. The van der Waals surface area contributed by atoms with Gasteiger partial charge in [0.1, 0.15) is 6.54 Å². The van der Waals surface area contributed by atoms with Crippen molar-refractivity contribution in [2.75, 3.05) is 24.0 Å². The molecule has 1 amide bonds. The van der Waals surface area contributed by atoms with Gasteiger partial charge in [-0.05, 0) is 56.5 Å². The van der Waals surface area contributed by atoms with E-state index >= 15 is 0 Å². The molecule has 0 spiro atoms. The second kappa shape index (κ2) is 9.15. The summed E-state index contributed by atoms with van der Waals surface area (Å²) in [5, 5.41) is 3.22. The van der Waals surface area contributed by atoms with E-state index in [2.05, 4.69) is 5.32 Å². The highest BCUT2D eigenvalue weighted by Gasteiger charge is 2.28. The number of hydrogen-bond acceptors (Lipinski definition) is 4. The second-order valence-corrected chi connectivity index (χ2v) is 9.47. The molecule has 0 unspecified atom stereocenters. The van der Waals surface area contributed by atoms with Crippen molar-refractivity contribution >= 4 is 33.2 Å². The second-order valence-electron chi connectivity index (χ2n) is 7.20. The van der Waals surface area contributed by atoms with E-state index in [4.69, 9.17) is 16.3 Å². The van der Waals surface area contributed by atoms with Gasteiger partial charge in [-0.2, -0.15) is 0 Å². The normalized spacial score (nSPS) is 16.6. The fraction of sp³-hybridized carbons (Fsp3) is 0.381. The minimum absolute atomic E-state index is 0.0186. The van der Waals surface area contributed by atoms with Crippen molar-refractivity contribution < 1.29 is 17.9 Å². The summed E-state index contributed by atoms with van der Waals surface area (Å²) in [6.45, 7) is 4.43. The van der Waals surface area contributed by atoms with Crippen molar-refractivity contribution in [2.24, 2.45) is 0 Å². The molecule has 1 saturated heterocycles. The Kier molecular flexibility index (Phi) is 6.82. The van der Waals surface area contributed by atoms with Gasteiger partial charge in [-0.1, -0.05) is 35.4 Å². The summed E-state index contributed by atoms with van der Waals surface area (Å²) in [5.41, 5.74) is 2.11. The zero-order valence-electron chi connectivity index (χ0n) is 16.5. The number of amides is 1. The smallest absolute Gasteiger partial charge is 0.264 e. The molecule has 2 aromatic carbocycles. The van der Waals surface area contributed by atoms with E-state index < -0.39 is 15.9 Å². The summed E-state index contributed by atoms with van der Waals surface area (Å²) in [7, 11) is -3.95. The molecular formula is C21H25ClN2O4S. The molecule has 1 heterocycles. The number of sulfonamides is 1. The summed E-state index contributed by atoms with van der Waals surface area (Å²) in [6.07, 6.45) is 1.84. The maximum Gasteiger partial charge on any atom is 0.264 e. The first kappa shape index (κ1) is 21.6. The van der Waals surface area contributed by atoms with Crippen molar-refractivity contribution in [3.05, 3.63) is 58.6 Å². The first-order valence-corrected chi connectivity index (χ1v) is 11.3. The first-order chi connectivity index (χ1) is 13.8. The average molecular weight is 437 g/mol. The quantitative estimate of drug-likeness (QED) is 0.721. The highest BCUT2D eigenvalue weighted by atomic mass is 35.5. The van der Waals surface area contributed by atoms with Crippen molar-refractivity contribution in [3.63, 3.8) is 0 Å². The number of nitrogens with one attached hydrogen (secondary N) is 1. The van der Waals surface area contributed by atoms with Gasteiger partial charge in [-0.15, -0.1) is 0 Å². The number of rotatable bonds is 7.